The first-order valence-corrected chi connectivity index (χ1v) is 11.4. The van der Waals surface area contributed by atoms with Crippen molar-refractivity contribution in [1.82, 2.24) is 9.21 Å². The molecule has 1 fully saturated rings. The van der Waals surface area contributed by atoms with Gasteiger partial charge in [0.25, 0.3) is 0 Å². The number of piperazine rings is 1. The van der Waals surface area contributed by atoms with E-state index >= 15 is 0 Å². The Morgan fingerprint density at radius 3 is 1.87 bits per heavy atom. The van der Waals surface area contributed by atoms with Crippen molar-refractivity contribution in [3.63, 3.8) is 0 Å². The molecule has 1 aliphatic rings. The zero-order valence-electron chi connectivity index (χ0n) is 15.7. The summed E-state index contributed by atoms with van der Waals surface area (Å²) in [6, 6.07) is 14.6. The number of rotatable bonds is 4. The van der Waals surface area contributed by atoms with E-state index in [0.29, 0.717) is 23.0 Å². The molecular formula is C19H20BrClN2O6S. The molecule has 2 aromatic carbocycles. The normalized spacial score (nSPS) is 15.1. The van der Waals surface area contributed by atoms with Crippen LogP contribution in [-0.2, 0) is 26.2 Å². The van der Waals surface area contributed by atoms with E-state index < -0.39 is 22.0 Å². The molecule has 2 N–H and O–H groups in total. The quantitative estimate of drug-likeness (QED) is 0.597. The van der Waals surface area contributed by atoms with E-state index in [1.165, 1.54) is 5.56 Å². The fourth-order valence-electron chi connectivity index (χ4n) is 2.73. The summed E-state index contributed by atoms with van der Waals surface area (Å²) in [6.07, 6.45) is 0. The van der Waals surface area contributed by atoms with E-state index in [-0.39, 0.29) is 0 Å². The van der Waals surface area contributed by atoms with Crippen LogP contribution in [0, 0.1) is 0 Å². The molecule has 0 atom stereocenters. The number of nitrogens with zero attached hydrogens (tertiary/aromatic N) is 2. The summed E-state index contributed by atoms with van der Waals surface area (Å²) in [5.41, 5.74) is 1.23. The summed E-state index contributed by atoms with van der Waals surface area (Å²) in [4.78, 5) is 20.8. The van der Waals surface area contributed by atoms with Crippen LogP contribution in [0.3, 0.4) is 0 Å². The van der Waals surface area contributed by atoms with Gasteiger partial charge in [0, 0.05) is 42.2 Å². The molecule has 0 aliphatic carbocycles. The lowest BCUT2D eigenvalue weighted by atomic mass is 10.2. The lowest BCUT2D eigenvalue weighted by Crippen LogP contribution is -2.48. The highest BCUT2D eigenvalue weighted by Crippen LogP contribution is 2.20. The van der Waals surface area contributed by atoms with E-state index in [0.717, 1.165) is 24.1 Å². The fourth-order valence-corrected chi connectivity index (χ4v) is 4.54. The van der Waals surface area contributed by atoms with E-state index in [9.17, 15) is 8.42 Å². The van der Waals surface area contributed by atoms with Crippen LogP contribution in [0.25, 0.3) is 0 Å². The number of aliphatic carboxylic acids is 2. The van der Waals surface area contributed by atoms with Crippen LogP contribution in [0.15, 0.2) is 57.9 Å². The van der Waals surface area contributed by atoms with Gasteiger partial charge in [0.1, 0.15) is 0 Å². The van der Waals surface area contributed by atoms with Crippen molar-refractivity contribution in [2.24, 2.45) is 0 Å². The van der Waals surface area contributed by atoms with Crippen molar-refractivity contribution in [3.8, 4) is 0 Å². The summed E-state index contributed by atoms with van der Waals surface area (Å²) in [7, 11) is -3.44. The number of hydrogen-bond acceptors (Lipinski definition) is 5. The Labute approximate surface area is 187 Å². The molecule has 2 aromatic rings. The summed E-state index contributed by atoms with van der Waals surface area (Å²) >= 11 is 9.27. The van der Waals surface area contributed by atoms with Gasteiger partial charge in [-0.2, -0.15) is 4.31 Å². The van der Waals surface area contributed by atoms with Crippen LogP contribution in [0.4, 0.5) is 0 Å². The number of halogens is 2. The smallest absolute Gasteiger partial charge is 0.414 e. The number of hydrogen-bond donors (Lipinski definition) is 2. The van der Waals surface area contributed by atoms with Gasteiger partial charge in [-0.25, -0.2) is 18.0 Å². The second-order valence-electron chi connectivity index (χ2n) is 6.37. The Morgan fingerprint density at radius 1 is 0.900 bits per heavy atom. The van der Waals surface area contributed by atoms with Gasteiger partial charge in [0.15, 0.2) is 0 Å². The first-order chi connectivity index (χ1) is 14.1. The minimum absolute atomic E-state index is 0.299. The average molecular weight is 520 g/mol. The van der Waals surface area contributed by atoms with Gasteiger partial charge in [-0.1, -0.05) is 39.7 Å². The lowest BCUT2D eigenvalue weighted by molar-refractivity contribution is -0.159. The van der Waals surface area contributed by atoms with Crippen LogP contribution in [0.1, 0.15) is 5.56 Å². The number of carboxylic acid groups (broad SMARTS) is 2. The van der Waals surface area contributed by atoms with Crippen molar-refractivity contribution in [1.29, 1.82) is 0 Å². The Bertz CT molecular complexity index is 963. The Kier molecular flexibility index (Phi) is 8.80. The Morgan fingerprint density at radius 2 is 1.40 bits per heavy atom. The molecule has 0 amide bonds. The van der Waals surface area contributed by atoms with E-state index in [2.05, 4.69) is 33.0 Å². The second kappa shape index (κ2) is 10.9. The minimum Gasteiger partial charge on any atom is -0.473 e. The molecule has 0 aromatic heterocycles. The first-order valence-electron chi connectivity index (χ1n) is 8.78. The minimum atomic E-state index is -3.44. The van der Waals surface area contributed by atoms with Crippen molar-refractivity contribution in [2.45, 2.75) is 11.4 Å². The van der Waals surface area contributed by atoms with Crippen LogP contribution in [0.2, 0.25) is 5.02 Å². The topological polar surface area (TPSA) is 115 Å². The average Bonchev–Trinajstić information content (AvgIpc) is 2.71. The van der Waals surface area contributed by atoms with Gasteiger partial charge < -0.3 is 10.2 Å². The molecule has 0 saturated carbocycles. The van der Waals surface area contributed by atoms with Crippen LogP contribution < -0.4 is 0 Å². The van der Waals surface area contributed by atoms with Crippen LogP contribution >= 0.6 is 27.5 Å². The first kappa shape index (κ1) is 24.3. The molecule has 0 radical (unpaired) electrons. The highest BCUT2D eigenvalue weighted by molar-refractivity contribution is 9.10. The highest BCUT2D eigenvalue weighted by Gasteiger charge is 2.28. The number of sulfonamides is 1. The third kappa shape index (κ3) is 7.06. The zero-order chi connectivity index (χ0) is 22.3. The maximum Gasteiger partial charge on any atom is 0.414 e. The molecule has 11 heteroatoms. The molecule has 1 aliphatic heterocycles. The van der Waals surface area contributed by atoms with Crippen molar-refractivity contribution < 1.29 is 28.2 Å². The Balaban J connectivity index is 0.000000469. The molecular weight excluding hydrogens is 500 g/mol. The highest BCUT2D eigenvalue weighted by atomic mass is 79.9. The SMILES string of the molecule is O=C(O)C(=O)O.O=S(=O)(c1ccc(Cl)cc1)N1CCN(Cc2ccc(Br)cc2)CC1. The summed E-state index contributed by atoms with van der Waals surface area (Å²) in [5.74, 6) is -3.65. The van der Waals surface area contributed by atoms with E-state index in [4.69, 9.17) is 31.4 Å². The van der Waals surface area contributed by atoms with Gasteiger partial charge in [-0.15, -0.1) is 0 Å². The Hall–Kier alpha value is -1.98. The molecule has 30 heavy (non-hydrogen) atoms. The standard InChI is InChI=1S/C17H18BrClN2O2S.C2H2O4/c18-15-3-1-14(2-4-15)13-20-9-11-21(12-10-20)24(22,23)17-7-5-16(19)6-8-17;3-1(4)2(5)6/h1-8H,9-13H2;(H,3,4)(H,5,6). The number of carbonyl (C=O) groups is 2. The van der Waals surface area contributed by atoms with Gasteiger partial charge >= 0.3 is 11.9 Å². The molecule has 162 valence electrons. The molecule has 0 bridgehead atoms. The van der Waals surface area contributed by atoms with E-state index in [1.807, 2.05) is 12.1 Å². The predicted molar refractivity (Wildman–Crippen MR) is 115 cm³/mol. The maximum atomic E-state index is 12.7. The van der Waals surface area contributed by atoms with Crippen molar-refractivity contribution >= 4 is 49.5 Å². The molecule has 1 saturated heterocycles. The van der Waals surface area contributed by atoms with Gasteiger partial charge in [0.2, 0.25) is 10.0 Å². The largest absolute Gasteiger partial charge is 0.473 e. The lowest BCUT2D eigenvalue weighted by Gasteiger charge is -2.34. The van der Waals surface area contributed by atoms with E-state index in [1.54, 1.807) is 28.6 Å². The fraction of sp³-hybridized carbons (Fsp3) is 0.263. The van der Waals surface area contributed by atoms with Crippen molar-refractivity contribution in [3.05, 3.63) is 63.6 Å². The van der Waals surface area contributed by atoms with Gasteiger partial charge in [-0.3, -0.25) is 4.90 Å². The number of benzene rings is 2. The monoisotopic (exact) mass is 518 g/mol. The third-order valence-electron chi connectivity index (χ3n) is 4.29. The number of carboxylic acids is 2. The third-order valence-corrected chi connectivity index (χ3v) is 6.98. The van der Waals surface area contributed by atoms with Crippen molar-refractivity contribution in [2.75, 3.05) is 26.2 Å². The summed E-state index contributed by atoms with van der Waals surface area (Å²) in [5, 5.41) is 15.3. The summed E-state index contributed by atoms with van der Waals surface area (Å²) < 4.78 is 27.9. The maximum absolute atomic E-state index is 12.7. The summed E-state index contributed by atoms with van der Waals surface area (Å²) in [6.45, 7) is 3.29. The molecule has 3 rings (SSSR count). The zero-order valence-corrected chi connectivity index (χ0v) is 18.9. The molecule has 1 heterocycles. The van der Waals surface area contributed by atoms with Crippen LogP contribution in [-0.4, -0.2) is 66.0 Å². The van der Waals surface area contributed by atoms with Gasteiger partial charge in [0.05, 0.1) is 4.90 Å². The predicted octanol–water partition coefficient (Wildman–Crippen LogP) is 2.76. The van der Waals surface area contributed by atoms with Gasteiger partial charge in [-0.05, 0) is 42.0 Å². The van der Waals surface area contributed by atoms with Crippen LogP contribution in [0.5, 0.6) is 0 Å². The second-order valence-corrected chi connectivity index (χ2v) is 9.66. The molecule has 0 spiro atoms. The molecule has 8 nitrogen and oxygen atoms in total. The molecule has 0 unspecified atom stereocenters.